The molecule has 9 rings (SSSR count). The van der Waals surface area contributed by atoms with Crippen molar-refractivity contribution in [3.63, 3.8) is 0 Å². The maximum Gasteiger partial charge on any atom is 2.00 e. The quantitative estimate of drug-likeness (QED) is 0.130. The van der Waals surface area contributed by atoms with Crippen LogP contribution < -0.4 is 0 Å². The average Bonchev–Trinajstić information content (AvgIpc) is 3.08. The Morgan fingerprint density at radius 2 is 0.844 bits per heavy atom. The molecule has 0 bridgehead atoms. The summed E-state index contributed by atoms with van der Waals surface area (Å²) in [6.07, 6.45) is 0. The summed E-state index contributed by atoms with van der Waals surface area (Å²) in [5, 5.41) is 6.54. The molecule has 0 saturated heterocycles. The van der Waals surface area contributed by atoms with Crippen molar-refractivity contribution in [3.8, 4) is 0 Å². The van der Waals surface area contributed by atoms with E-state index in [0.29, 0.717) is 0 Å². The summed E-state index contributed by atoms with van der Waals surface area (Å²) in [5.41, 5.74) is 7.89. The fraction of sp³-hybridized carbons (Fsp3) is 0.0952. The molecule has 3 heteroatoms. The Kier molecular flexibility index (Phi) is 6.31. The van der Waals surface area contributed by atoms with E-state index in [4.69, 9.17) is 9.97 Å². The first-order chi connectivity index (χ1) is 21.6. The summed E-state index contributed by atoms with van der Waals surface area (Å²) in [6.45, 7) is 4.67. The zero-order valence-electron chi connectivity index (χ0n) is 24.9. The van der Waals surface area contributed by atoms with Crippen LogP contribution in [0.3, 0.4) is 0 Å². The molecule has 0 amide bonds. The molecule has 2 nitrogen and oxygen atoms in total. The smallest absolute Gasteiger partial charge is 0.299 e. The number of hydrogen-bond acceptors (Lipinski definition) is 2. The van der Waals surface area contributed by atoms with Crippen molar-refractivity contribution in [1.82, 2.24) is 9.97 Å². The first-order valence-corrected chi connectivity index (χ1v) is 15.2. The largest absolute Gasteiger partial charge is 2.00 e. The van der Waals surface area contributed by atoms with Gasteiger partial charge < -0.3 is 0 Å². The number of benzene rings is 6. The van der Waals surface area contributed by atoms with Crippen LogP contribution in [0.5, 0.6) is 0 Å². The van der Waals surface area contributed by atoms with Crippen LogP contribution in [0, 0.1) is 12.1 Å². The summed E-state index contributed by atoms with van der Waals surface area (Å²) < 4.78 is 0. The molecular formula is C42H28N2Pt. The number of hydrogen-bond donors (Lipinski definition) is 0. The zero-order chi connectivity index (χ0) is 29.5. The Morgan fingerprint density at radius 1 is 0.444 bits per heavy atom. The van der Waals surface area contributed by atoms with Crippen LogP contribution in [0.4, 0.5) is 0 Å². The third kappa shape index (κ3) is 3.85. The van der Waals surface area contributed by atoms with Crippen molar-refractivity contribution >= 4 is 43.4 Å². The molecule has 0 unspecified atom stereocenters. The molecule has 0 spiro atoms. The average molecular weight is 756 g/mol. The van der Waals surface area contributed by atoms with Crippen LogP contribution in [0.25, 0.3) is 43.4 Å². The van der Waals surface area contributed by atoms with Gasteiger partial charge >= 0.3 is 21.1 Å². The molecule has 0 atom stereocenters. The van der Waals surface area contributed by atoms with Gasteiger partial charge in [-0.2, -0.15) is 0 Å². The van der Waals surface area contributed by atoms with E-state index in [2.05, 4.69) is 135 Å². The van der Waals surface area contributed by atoms with Crippen LogP contribution in [0.15, 0.2) is 133 Å². The van der Waals surface area contributed by atoms with Gasteiger partial charge in [-0.1, -0.05) is 98.8 Å². The second-order valence-corrected chi connectivity index (χ2v) is 12.4. The summed E-state index contributed by atoms with van der Waals surface area (Å²) in [4.78, 5) is 11.2. The number of pyridine rings is 2. The van der Waals surface area contributed by atoms with Gasteiger partial charge in [0.25, 0.3) is 0 Å². The normalized spacial score (nSPS) is 14.6. The number of aromatic nitrogens is 2. The van der Waals surface area contributed by atoms with Gasteiger partial charge in [-0.3, -0.25) is 9.97 Å². The van der Waals surface area contributed by atoms with Gasteiger partial charge in [0.1, 0.15) is 5.41 Å². The van der Waals surface area contributed by atoms with E-state index in [1.54, 1.807) is 0 Å². The van der Waals surface area contributed by atoms with E-state index in [9.17, 15) is 0 Å². The molecule has 0 fully saturated rings. The molecule has 6 aromatic carbocycles. The van der Waals surface area contributed by atoms with E-state index in [0.717, 1.165) is 54.7 Å². The summed E-state index contributed by atoms with van der Waals surface area (Å²) in [6, 6.07) is 54.6. The zero-order valence-corrected chi connectivity index (χ0v) is 27.2. The topological polar surface area (TPSA) is 25.8 Å². The molecular weight excluding hydrogens is 728 g/mol. The third-order valence-electron chi connectivity index (χ3n) is 9.77. The molecule has 45 heavy (non-hydrogen) atoms. The van der Waals surface area contributed by atoms with Crippen molar-refractivity contribution in [2.24, 2.45) is 0 Å². The molecule has 0 N–H and O–H groups in total. The Bertz CT molecular complexity index is 2270. The Hall–Kier alpha value is -4.65. The van der Waals surface area contributed by atoms with E-state index in [1.165, 1.54) is 22.3 Å². The minimum atomic E-state index is -0.751. The molecule has 2 aromatic heterocycles. The molecule has 1 aliphatic carbocycles. The van der Waals surface area contributed by atoms with E-state index in [-0.39, 0.29) is 26.5 Å². The summed E-state index contributed by atoms with van der Waals surface area (Å²) in [5.74, 6) is 0. The van der Waals surface area contributed by atoms with Crippen LogP contribution in [-0.4, -0.2) is 9.97 Å². The maximum atomic E-state index is 5.58. The Morgan fingerprint density at radius 3 is 1.31 bits per heavy atom. The van der Waals surface area contributed by atoms with Crippen LogP contribution in [-0.2, 0) is 31.9 Å². The summed E-state index contributed by atoms with van der Waals surface area (Å²) >= 11 is 0. The first kappa shape index (κ1) is 27.9. The predicted octanol–water partition coefficient (Wildman–Crippen LogP) is 9.71. The molecule has 2 heterocycles. The maximum absolute atomic E-state index is 5.58. The predicted molar refractivity (Wildman–Crippen MR) is 180 cm³/mol. The van der Waals surface area contributed by atoms with Gasteiger partial charge in [-0.15, -0.1) is 70.1 Å². The van der Waals surface area contributed by atoms with Gasteiger partial charge in [0.2, 0.25) is 0 Å². The summed E-state index contributed by atoms with van der Waals surface area (Å²) in [7, 11) is 0. The van der Waals surface area contributed by atoms with E-state index in [1.807, 2.05) is 24.3 Å². The number of rotatable bonds is 2. The van der Waals surface area contributed by atoms with Crippen molar-refractivity contribution in [3.05, 3.63) is 179 Å². The van der Waals surface area contributed by atoms with E-state index >= 15 is 0 Å². The minimum Gasteiger partial charge on any atom is -0.299 e. The van der Waals surface area contributed by atoms with Crippen molar-refractivity contribution in [2.75, 3.05) is 0 Å². The number of fused-ring (bicyclic) bond motifs is 8. The molecule has 0 aliphatic heterocycles. The second-order valence-electron chi connectivity index (χ2n) is 12.4. The van der Waals surface area contributed by atoms with Gasteiger partial charge in [-0.05, 0) is 56.2 Å². The van der Waals surface area contributed by atoms with Gasteiger partial charge in [0.05, 0.1) is 11.4 Å². The molecule has 0 radical (unpaired) electrons. The van der Waals surface area contributed by atoms with Gasteiger partial charge in [0, 0.05) is 5.41 Å². The van der Waals surface area contributed by atoms with Crippen molar-refractivity contribution < 1.29 is 21.1 Å². The van der Waals surface area contributed by atoms with Gasteiger partial charge in [-0.25, -0.2) is 0 Å². The van der Waals surface area contributed by atoms with Crippen LogP contribution >= 0.6 is 0 Å². The third-order valence-corrected chi connectivity index (χ3v) is 9.77. The van der Waals surface area contributed by atoms with E-state index < -0.39 is 5.41 Å². The SMILES string of the molecule is CC1(C)c2ccccc2C(c2ccc3ccc4ccc[c-]c4c3n2)(c2ccc3ccc4ccc[c-]c4c3n2)c2ccccc21.[Pt+2]. The van der Waals surface area contributed by atoms with Crippen LogP contribution in [0.1, 0.15) is 47.5 Å². The minimum absolute atomic E-state index is 0. The van der Waals surface area contributed by atoms with Crippen molar-refractivity contribution in [1.29, 1.82) is 0 Å². The Labute approximate surface area is 277 Å². The molecule has 8 aromatic rings. The monoisotopic (exact) mass is 755 g/mol. The molecule has 216 valence electrons. The second kappa shape index (κ2) is 10.2. The van der Waals surface area contributed by atoms with Gasteiger partial charge in [0.15, 0.2) is 0 Å². The van der Waals surface area contributed by atoms with Crippen molar-refractivity contribution in [2.45, 2.75) is 24.7 Å². The van der Waals surface area contributed by atoms with Crippen LogP contribution in [0.2, 0.25) is 0 Å². The Balaban J connectivity index is 0.00000300. The fourth-order valence-electron chi connectivity index (χ4n) is 7.66. The first-order valence-electron chi connectivity index (χ1n) is 15.2. The molecule has 0 saturated carbocycles. The standard InChI is InChI=1S/C42H28N2.Pt/c1-41(2)33-15-7-9-17-35(33)42(36-18-10-8-16-34(36)41,37-25-23-29-21-19-27-11-3-5-13-31(27)39(29)43-37)38-26-24-30-22-20-28-12-4-6-14-32(28)40(30)44-38;/h3-12,15-26H,1-2H3;/q-2;+2. The molecule has 1 aliphatic rings. The number of nitrogens with zero attached hydrogens (tertiary/aromatic N) is 2. The fourth-order valence-corrected chi connectivity index (χ4v) is 7.66.